The largest absolute Gasteiger partial charge is 0.453 e. The second-order valence-corrected chi connectivity index (χ2v) is 19.8. The van der Waals surface area contributed by atoms with Crippen LogP contribution in [0.25, 0.3) is 22.1 Å². The third kappa shape index (κ3) is 9.49. The number of hydrogen-bond acceptors (Lipinski definition) is 10. The molecule has 0 saturated carbocycles. The van der Waals surface area contributed by atoms with Crippen molar-refractivity contribution in [1.82, 2.24) is 35.1 Å². The molecule has 15 nitrogen and oxygen atoms in total. The first-order valence-electron chi connectivity index (χ1n) is 24.4. The maximum Gasteiger partial charge on any atom is 0.416 e. The van der Waals surface area contributed by atoms with E-state index in [1.165, 1.54) is 44.6 Å². The number of carbonyl (C=O) groups excluding carboxylic acids is 3. The van der Waals surface area contributed by atoms with Crippen LogP contribution in [0, 0.1) is 17.5 Å². The maximum absolute atomic E-state index is 16.9. The number of rotatable bonds is 12. The monoisotopic (exact) mass is 1030 g/mol. The van der Waals surface area contributed by atoms with E-state index in [2.05, 4.69) is 24.5 Å². The molecule has 0 bridgehead atoms. The van der Waals surface area contributed by atoms with Gasteiger partial charge in [-0.1, -0.05) is 0 Å². The topological polar surface area (TPSA) is 155 Å². The number of hydrogen-bond donors (Lipinski definition) is 3. The van der Waals surface area contributed by atoms with Crippen LogP contribution >= 0.6 is 9.24 Å². The summed E-state index contributed by atoms with van der Waals surface area (Å²) in [5.41, 5.74) is 3.00. The molecule has 0 aliphatic carbocycles. The molecule has 3 N–H and O–H groups in total. The Balaban J connectivity index is 0.984. The molecule has 0 radical (unpaired) electrons. The van der Waals surface area contributed by atoms with Crippen LogP contribution in [0.15, 0.2) is 60.7 Å². The fourth-order valence-corrected chi connectivity index (χ4v) is 11.7. The molecule has 6 aromatic rings. The number of nitrogens with zero attached hydrogens (tertiary/aromatic N) is 7. The molecule has 2 aromatic heterocycles. The van der Waals surface area contributed by atoms with Gasteiger partial charge in [-0.3, -0.25) is 9.59 Å². The van der Waals surface area contributed by atoms with E-state index in [0.717, 1.165) is 42.3 Å². The minimum atomic E-state index is -4.48. The summed E-state index contributed by atoms with van der Waals surface area (Å²) < 4.78 is 100. The standard InChI is InChI=1S/C51H55F6N10O5P/c1-27(71-2)45(62-50(70)72-3)49(69)66-15-5-7-43(66)48-59-36-22-31(33(52)24-38(36)60-48)40-12-13-41(32-23-37-39(25-44(32)73)61-47(58-37)42-6-4-14-65(42)26-68)67(40)30-20-34(53)46(35(54)21-30)64-18-16-63(17-19-64)29-10-8-28(9-11-29)51(55,56)57/h8-11,20-27,40-43,45H,4-7,12-19,73H2,1-3H3,(H,58,61)(H,59,60)(H,62,70)/t27-,40-,41-,42+,43+,45+/m1/s1. The molecule has 4 aromatic carbocycles. The number of ether oxygens (including phenoxy) is 2. The Labute approximate surface area is 418 Å². The van der Waals surface area contributed by atoms with Crippen molar-refractivity contribution in [3.63, 3.8) is 0 Å². The number of amides is 3. The number of piperazine rings is 1. The number of imidazole rings is 2. The molecule has 4 saturated heterocycles. The summed E-state index contributed by atoms with van der Waals surface area (Å²) in [6.07, 6.45) is -1.50. The molecule has 4 fully saturated rings. The quantitative estimate of drug-likeness (QED) is 0.0618. The highest BCUT2D eigenvalue weighted by Crippen LogP contribution is 2.49. The summed E-state index contributed by atoms with van der Waals surface area (Å²) in [7, 11) is 5.39. The SMILES string of the molecule is COC(=O)N[C@H](C(=O)N1CCC[C@H]1c1nc2cc(F)c([C@H]3CC[C@H](c4cc5[nH]c([C@@H]6CCCN6C=O)nc5cc4P)N3c3cc(F)c(N4CCN(c5ccc(C(F)(F)F)cc5)CC4)c(F)c3)cc2[nH]1)[C@@H](C)OC. The Morgan fingerprint density at radius 2 is 1.33 bits per heavy atom. The smallest absolute Gasteiger partial charge is 0.416 e. The third-order valence-electron chi connectivity index (χ3n) is 15.0. The van der Waals surface area contributed by atoms with Gasteiger partial charge >= 0.3 is 12.3 Å². The first-order valence-corrected chi connectivity index (χ1v) is 24.9. The Morgan fingerprint density at radius 1 is 0.740 bits per heavy atom. The number of alkyl carbamates (subject to hydrolysis) is 1. The normalized spacial score (nSPS) is 21.4. The first kappa shape index (κ1) is 50.0. The average molecular weight is 1030 g/mol. The predicted octanol–water partition coefficient (Wildman–Crippen LogP) is 8.50. The highest BCUT2D eigenvalue weighted by Gasteiger charge is 2.42. The van der Waals surface area contributed by atoms with Gasteiger partial charge in [0.2, 0.25) is 12.3 Å². The molecule has 1 unspecified atom stereocenters. The minimum absolute atomic E-state index is 0.183. The van der Waals surface area contributed by atoms with Crippen LogP contribution in [0.5, 0.6) is 0 Å². The van der Waals surface area contributed by atoms with Gasteiger partial charge in [0, 0.05) is 69.4 Å². The van der Waals surface area contributed by atoms with Gasteiger partial charge < -0.3 is 49.3 Å². The maximum atomic E-state index is 16.9. The Hall–Kier alpha value is -6.60. The lowest BCUT2D eigenvalue weighted by molar-refractivity contribution is -0.138. The lowest BCUT2D eigenvalue weighted by Gasteiger charge is -2.38. The second kappa shape index (κ2) is 20.0. The summed E-state index contributed by atoms with van der Waals surface area (Å²) >= 11 is 0. The van der Waals surface area contributed by atoms with Gasteiger partial charge in [-0.05, 0) is 111 Å². The van der Waals surface area contributed by atoms with E-state index in [4.69, 9.17) is 19.4 Å². The van der Waals surface area contributed by atoms with Crippen LogP contribution in [0.3, 0.4) is 0 Å². The summed E-state index contributed by atoms with van der Waals surface area (Å²) in [5.74, 6) is -1.55. The summed E-state index contributed by atoms with van der Waals surface area (Å²) in [6, 6.07) is 11.2. The fraction of sp³-hybridized carbons (Fsp3) is 0.431. The van der Waals surface area contributed by atoms with Gasteiger partial charge in [0.25, 0.3) is 0 Å². The van der Waals surface area contributed by atoms with Gasteiger partial charge in [0.15, 0.2) is 11.6 Å². The van der Waals surface area contributed by atoms with E-state index in [9.17, 15) is 27.6 Å². The van der Waals surface area contributed by atoms with Crippen molar-refractivity contribution in [2.24, 2.45) is 0 Å². The van der Waals surface area contributed by atoms with E-state index in [0.29, 0.717) is 91.3 Å². The molecule has 73 heavy (non-hydrogen) atoms. The Kier molecular flexibility index (Phi) is 13.7. The summed E-state index contributed by atoms with van der Waals surface area (Å²) in [6.45, 7) is 3.65. The number of alkyl halides is 3. The zero-order valence-corrected chi connectivity index (χ0v) is 41.5. The fourth-order valence-electron chi connectivity index (χ4n) is 11.3. The molecular formula is C51H55F6N10O5P. The van der Waals surface area contributed by atoms with Crippen molar-refractivity contribution in [2.75, 3.05) is 68.2 Å². The number of carbonyl (C=O) groups is 3. The zero-order valence-electron chi connectivity index (χ0n) is 40.3. The van der Waals surface area contributed by atoms with Crippen LogP contribution in [-0.4, -0.2) is 114 Å². The van der Waals surface area contributed by atoms with Crippen molar-refractivity contribution < 1.29 is 50.2 Å². The average Bonchev–Trinajstić information content (AvgIpc) is 4.24. The number of aromatic amines is 2. The molecule has 4 aliphatic heterocycles. The Morgan fingerprint density at radius 3 is 1.96 bits per heavy atom. The van der Waals surface area contributed by atoms with Crippen molar-refractivity contribution in [3.05, 3.63) is 106 Å². The number of likely N-dealkylation sites (tertiary alicyclic amines) is 2. The van der Waals surface area contributed by atoms with E-state index in [1.807, 2.05) is 21.9 Å². The predicted molar refractivity (Wildman–Crippen MR) is 265 cm³/mol. The number of H-pyrrole nitrogens is 2. The number of aromatic nitrogens is 4. The second-order valence-electron chi connectivity index (χ2n) is 19.2. The van der Waals surface area contributed by atoms with Crippen LogP contribution < -0.4 is 25.3 Å². The molecule has 22 heteroatoms. The van der Waals surface area contributed by atoms with Gasteiger partial charge in [-0.2, -0.15) is 13.2 Å². The van der Waals surface area contributed by atoms with E-state index < -0.39 is 71.5 Å². The van der Waals surface area contributed by atoms with E-state index >= 15 is 13.2 Å². The number of methoxy groups -OCH3 is 2. The minimum Gasteiger partial charge on any atom is -0.453 e. The zero-order chi connectivity index (χ0) is 51.5. The van der Waals surface area contributed by atoms with Crippen LogP contribution in [0.1, 0.15) is 98.0 Å². The molecule has 386 valence electrons. The third-order valence-corrected chi connectivity index (χ3v) is 15.5. The molecule has 0 spiro atoms. The summed E-state index contributed by atoms with van der Waals surface area (Å²) in [5, 5.41) is 3.35. The van der Waals surface area contributed by atoms with Crippen LogP contribution in [-0.2, 0) is 25.2 Å². The number of anilines is 3. The molecule has 3 amide bonds. The van der Waals surface area contributed by atoms with Crippen molar-refractivity contribution >= 4 is 72.1 Å². The molecule has 6 heterocycles. The van der Waals surface area contributed by atoms with Gasteiger partial charge in [-0.25, -0.2) is 27.9 Å². The van der Waals surface area contributed by atoms with Crippen molar-refractivity contribution in [1.29, 1.82) is 0 Å². The molecule has 7 atom stereocenters. The number of halogens is 6. The highest BCUT2D eigenvalue weighted by atomic mass is 31.0. The van der Waals surface area contributed by atoms with Crippen molar-refractivity contribution in [2.45, 2.75) is 87.9 Å². The van der Waals surface area contributed by atoms with Crippen LogP contribution in [0.2, 0.25) is 0 Å². The summed E-state index contributed by atoms with van der Waals surface area (Å²) in [4.78, 5) is 63.2. The number of fused-ring (bicyclic) bond motifs is 2. The van der Waals surface area contributed by atoms with Crippen molar-refractivity contribution in [3.8, 4) is 0 Å². The Bertz CT molecular complexity index is 3030. The lowest BCUT2D eigenvalue weighted by Crippen LogP contribution is -2.54. The number of benzene rings is 4. The first-order chi connectivity index (χ1) is 35.0. The van der Waals surface area contributed by atoms with Gasteiger partial charge in [-0.15, -0.1) is 9.24 Å². The highest BCUT2D eigenvalue weighted by molar-refractivity contribution is 7.27. The van der Waals surface area contributed by atoms with Gasteiger partial charge in [0.1, 0.15) is 29.2 Å². The van der Waals surface area contributed by atoms with E-state index in [1.54, 1.807) is 27.7 Å². The molecule has 10 rings (SSSR count). The molecular weight excluding hydrogens is 978 g/mol. The number of nitrogens with one attached hydrogen (secondary N) is 3. The van der Waals surface area contributed by atoms with Gasteiger partial charge in [0.05, 0.1) is 65.0 Å². The lowest BCUT2D eigenvalue weighted by atomic mass is 10.0. The molecule has 4 aliphatic rings. The van der Waals surface area contributed by atoms with Crippen LogP contribution in [0.4, 0.5) is 48.2 Å². The van der Waals surface area contributed by atoms with E-state index in [-0.39, 0.29) is 36.1 Å².